The second-order valence-corrected chi connectivity index (χ2v) is 7.32. The fourth-order valence-electron chi connectivity index (χ4n) is 2.40. The van der Waals surface area contributed by atoms with Gasteiger partial charge in [0.25, 0.3) is 5.91 Å². The Morgan fingerprint density at radius 2 is 1.80 bits per heavy atom. The minimum atomic E-state index is -0.0953. The van der Waals surface area contributed by atoms with Gasteiger partial charge < -0.3 is 10.2 Å². The van der Waals surface area contributed by atoms with Gasteiger partial charge in [-0.1, -0.05) is 46.2 Å². The lowest BCUT2D eigenvalue weighted by molar-refractivity contribution is 0.0787. The summed E-state index contributed by atoms with van der Waals surface area (Å²) in [5.74, 6) is 0.526. The van der Waals surface area contributed by atoms with Crippen molar-refractivity contribution in [1.29, 1.82) is 0 Å². The van der Waals surface area contributed by atoms with Crippen LogP contribution in [0.3, 0.4) is 0 Å². The van der Waals surface area contributed by atoms with Gasteiger partial charge >= 0.3 is 0 Å². The van der Waals surface area contributed by atoms with Crippen molar-refractivity contribution in [1.82, 2.24) is 14.9 Å². The lowest BCUT2D eigenvalue weighted by Gasteiger charge is -2.19. The van der Waals surface area contributed by atoms with E-state index in [0.29, 0.717) is 11.5 Å². The molecule has 1 aromatic carbocycles. The second kappa shape index (κ2) is 8.10. The van der Waals surface area contributed by atoms with Gasteiger partial charge in [-0.3, -0.25) is 4.79 Å². The Morgan fingerprint density at radius 1 is 1.12 bits per heavy atom. The summed E-state index contributed by atoms with van der Waals surface area (Å²) in [6.07, 6.45) is 5.16. The van der Waals surface area contributed by atoms with Crippen molar-refractivity contribution in [2.45, 2.75) is 46.0 Å². The number of anilines is 2. The van der Waals surface area contributed by atoms with Crippen LogP contribution in [-0.2, 0) is 5.41 Å². The molecule has 134 valence electrons. The Hall–Kier alpha value is -2.43. The highest BCUT2D eigenvalue weighted by molar-refractivity contribution is 5.91. The molecule has 5 nitrogen and oxygen atoms in total. The molecular weight excluding hydrogens is 312 g/mol. The van der Waals surface area contributed by atoms with Crippen molar-refractivity contribution < 1.29 is 4.79 Å². The number of nitrogens with zero attached hydrogens (tertiary/aromatic N) is 3. The molecule has 5 heteroatoms. The first-order valence-corrected chi connectivity index (χ1v) is 8.76. The maximum Gasteiger partial charge on any atom is 0.273 e. The zero-order chi connectivity index (χ0) is 18.4. The van der Waals surface area contributed by atoms with Crippen molar-refractivity contribution in [3.05, 3.63) is 47.9 Å². The molecule has 0 saturated carbocycles. The quantitative estimate of drug-likeness (QED) is 0.847. The van der Waals surface area contributed by atoms with Crippen LogP contribution in [-0.4, -0.2) is 34.4 Å². The van der Waals surface area contributed by atoms with E-state index in [1.807, 2.05) is 12.1 Å². The molecule has 0 spiro atoms. The summed E-state index contributed by atoms with van der Waals surface area (Å²) >= 11 is 0. The van der Waals surface area contributed by atoms with Gasteiger partial charge in [-0.2, -0.15) is 0 Å². The van der Waals surface area contributed by atoms with Gasteiger partial charge in [-0.05, 0) is 29.5 Å². The highest BCUT2D eigenvalue weighted by atomic mass is 16.2. The number of rotatable bonds is 6. The van der Waals surface area contributed by atoms with E-state index in [1.165, 1.54) is 11.8 Å². The number of amides is 1. The molecule has 1 aromatic heterocycles. The molecule has 0 bridgehead atoms. The SMILES string of the molecule is CCCCN(C)C(=O)c1cnc(Nc2ccc(C(C)(C)C)cc2)cn1. The third kappa shape index (κ3) is 5.28. The van der Waals surface area contributed by atoms with Crippen molar-refractivity contribution in [3.8, 4) is 0 Å². The lowest BCUT2D eigenvalue weighted by Crippen LogP contribution is -2.28. The van der Waals surface area contributed by atoms with Crippen molar-refractivity contribution in [2.24, 2.45) is 0 Å². The van der Waals surface area contributed by atoms with Gasteiger partial charge in [0.05, 0.1) is 12.4 Å². The standard InChI is InChI=1S/C20H28N4O/c1-6-7-12-24(5)19(25)17-13-22-18(14-21-17)23-16-10-8-15(9-11-16)20(2,3)4/h8-11,13-14H,6-7,12H2,1-5H3,(H,22,23). The average molecular weight is 340 g/mol. The molecule has 1 heterocycles. The molecule has 0 atom stereocenters. The summed E-state index contributed by atoms with van der Waals surface area (Å²) in [4.78, 5) is 22.5. The van der Waals surface area contributed by atoms with Crippen molar-refractivity contribution in [2.75, 3.05) is 18.9 Å². The number of hydrogen-bond donors (Lipinski definition) is 1. The van der Waals surface area contributed by atoms with Gasteiger partial charge in [0.1, 0.15) is 11.5 Å². The number of benzene rings is 1. The van der Waals surface area contributed by atoms with E-state index in [1.54, 1.807) is 18.1 Å². The lowest BCUT2D eigenvalue weighted by atomic mass is 9.87. The third-order valence-corrected chi connectivity index (χ3v) is 4.09. The van der Waals surface area contributed by atoms with Crippen LogP contribution in [0, 0.1) is 0 Å². The molecule has 1 amide bonds. The van der Waals surface area contributed by atoms with Crippen LogP contribution in [0.15, 0.2) is 36.7 Å². The van der Waals surface area contributed by atoms with Crippen molar-refractivity contribution in [3.63, 3.8) is 0 Å². The predicted octanol–water partition coefficient (Wildman–Crippen LogP) is 4.39. The van der Waals surface area contributed by atoms with Crippen molar-refractivity contribution >= 4 is 17.4 Å². The van der Waals surface area contributed by atoms with Gasteiger partial charge in [-0.15, -0.1) is 0 Å². The number of unbranched alkanes of at least 4 members (excludes halogenated alkanes) is 1. The van der Waals surface area contributed by atoms with Crippen LogP contribution < -0.4 is 5.32 Å². The zero-order valence-corrected chi connectivity index (χ0v) is 15.8. The van der Waals surface area contributed by atoms with Gasteiger partial charge in [-0.25, -0.2) is 9.97 Å². The molecule has 0 aliphatic heterocycles. The van der Waals surface area contributed by atoms with Gasteiger partial charge in [0.15, 0.2) is 0 Å². The Morgan fingerprint density at radius 3 is 2.32 bits per heavy atom. The smallest absolute Gasteiger partial charge is 0.273 e. The van der Waals surface area contributed by atoms with E-state index in [4.69, 9.17) is 0 Å². The summed E-state index contributed by atoms with van der Waals surface area (Å²) < 4.78 is 0. The molecule has 0 unspecified atom stereocenters. The first-order chi connectivity index (χ1) is 11.8. The van der Waals surface area contributed by atoms with E-state index in [2.05, 4.69) is 55.1 Å². The van der Waals surface area contributed by atoms with Crippen LogP contribution in [0.5, 0.6) is 0 Å². The molecule has 0 aliphatic rings. The van der Waals surface area contributed by atoms with Crippen LogP contribution in [0.1, 0.15) is 56.6 Å². The Kier molecular flexibility index (Phi) is 6.12. The summed E-state index contributed by atoms with van der Waals surface area (Å²) in [6, 6.07) is 8.27. The fraction of sp³-hybridized carbons (Fsp3) is 0.450. The van der Waals surface area contributed by atoms with E-state index < -0.39 is 0 Å². The van der Waals surface area contributed by atoms with Crippen LogP contribution in [0.25, 0.3) is 0 Å². The molecule has 25 heavy (non-hydrogen) atoms. The van der Waals surface area contributed by atoms with E-state index in [9.17, 15) is 4.79 Å². The largest absolute Gasteiger partial charge is 0.340 e. The number of nitrogens with one attached hydrogen (secondary N) is 1. The predicted molar refractivity (Wildman–Crippen MR) is 102 cm³/mol. The normalized spacial score (nSPS) is 11.2. The topological polar surface area (TPSA) is 58.1 Å². The Bertz CT molecular complexity index is 687. The average Bonchev–Trinajstić information content (AvgIpc) is 2.59. The number of carbonyl (C=O) groups is 1. The fourth-order valence-corrected chi connectivity index (χ4v) is 2.40. The van der Waals surface area contributed by atoms with Gasteiger partial charge in [0.2, 0.25) is 0 Å². The Balaban J connectivity index is 2.01. The maximum atomic E-state index is 12.3. The maximum absolute atomic E-state index is 12.3. The summed E-state index contributed by atoms with van der Waals surface area (Å²) in [7, 11) is 1.79. The molecule has 0 aliphatic carbocycles. The third-order valence-electron chi connectivity index (χ3n) is 4.09. The first-order valence-electron chi connectivity index (χ1n) is 8.76. The Labute approximate surface area is 150 Å². The van der Waals surface area contributed by atoms with Crippen LogP contribution >= 0.6 is 0 Å². The molecule has 2 aromatic rings. The first kappa shape index (κ1) is 18.9. The number of carbonyl (C=O) groups excluding carboxylic acids is 1. The molecule has 0 saturated heterocycles. The molecule has 0 radical (unpaired) electrons. The molecule has 1 N–H and O–H groups in total. The molecule has 2 rings (SSSR count). The van der Waals surface area contributed by atoms with E-state index >= 15 is 0 Å². The zero-order valence-electron chi connectivity index (χ0n) is 15.8. The molecular formula is C20H28N4O. The highest BCUT2D eigenvalue weighted by Crippen LogP contribution is 2.24. The van der Waals surface area contributed by atoms with Crippen LogP contribution in [0.2, 0.25) is 0 Å². The van der Waals surface area contributed by atoms with Crippen LogP contribution in [0.4, 0.5) is 11.5 Å². The summed E-state index contributed by atoms with van der Waals surface area (Å²) in [5, 5.41) is 3.21. The number of aromatic nitrogens is 2. The van der Waals surface area contributed by atoms with E-state index in [-0.39, 0.29) is 11.3 Å². The summed E-state index contributed by atoms with van der Waals surface area (Å²) in [5.41, 5.74) is 2.72. The molecule has 0 fully saturated rings. The minimum absolute atomic E-state index is 0.0953. The minimum Gasteiger partial charge on any atom is -0.340 e. The van der Waals surface area contributed by atoms with E-state index in [0.717, 1.165) is 25.1 Å². The number of hydrogen-bond acceptors (Lipinski definition) is 4. The monoisotopic (exact) mass is 340 g/mol. The summed E-state index contributed by atoms with van der Waals surface area (Å²) in [6.45, 7) is 9.40. The van der Waals surface area contributed by atoms with Gasteiger partial charge in [0, 0.05) is 19.3 Å². The highest BCUT2D eigenvalue weighted by Gasteiger charge is 2.14. The second-order valence-electron chi connectivity index (χ2n) is 7.32.